The Morgan fingerprint density at radius 3 is 2.44 bits per heavy atom. The van der Waals surface area contributed by atoms with Crippen LogP contribution in [0.2, 0.25) is 0 Å². The topological polar surface area (TPSA) is 48.5 Å². The van der Waals surface area contributed by atoms with Gasteiger partial charge in [0.15, 0.2) is 5.13 Å². The third-order valence-corrected chi connectivity index (χ3v) is 6.51. The Morgan fingerprint density at radius 1 is 1.11 bits per heavy atom. The lowest BCUT2D eigenvalue weighted by Gasteiger charge is -2.35. The molecule has 2 fully saturated rings. The Morgan fingerprint density at radius 2 is 1.78 bits per heavy atom. The largest absolute Gasteiger partial charge is 0.302 e. The van der Waals surface area contributed by atoms with Gasteiger partial charge in [0.2, 0.25) is 5.91 Å². The highest BCUT2D eigenvalue weighted by Gasteiger charge is 2.37. The molecule has 6 heteroatoms. The third-order valence-electron chi connectivity index (χ3n) is 5.70. The van der Waals surface area contributed by atoms with E-state index in [-0.39, 0.29) is 5.91 Å². The quantitative estimate of drug-likeness (QED) is 0.824. The van der Waals surface area contributed by atoms with Crippen LogP contribution in [0.3, 0.4) is 0 Å². The van der Waals surface area contributed by atoms with E-state index in [1.807, 2.05) is 0 Å². The molecule has 1 aromatic heterocycles. The molecular formula is C21H28N4OS. The number of nitrogens with one attached hydrogen (secondary N) is 1. The summed E-state index contributed by atoms with van der Waals surface area (Å²) in [7, 11) is 0. The van der Waals surface area contributed by atoms with Gasteiger partial charge in [-0.15, -0.1) is 11.3 Å². The van der Waals surface area contributed by atoms with Crippen molar-refractivity contribution in [3.63, 3.8) is 0 Å². The molecule has 2 atom stereocenters. The Kier molecular flexibility index (Phi) is 5.86. The molecule has 0 radical (unpaired) electrons. The molecule has 5 nitrogen and oxygen atoms in total. The maximum Gasteiger partial charge on any atom is 0.223 e. The summed E-state index contributed by atoms with van der Waals surface area (Å²) in [4.78, 5) is 21.1. The van der Waals surface area contributed by atoms with Gasteiger partial charge in [-0.2, -0.15) is 0 Å². The van der Waals surface area contributed by atoms with E-state index < -0.39 is 0 Å². The summed E-state index contributed by atoms with van der Waals surface area (Å²) in [5, 5.41) is 5.58. The van der Waals surface area contributed by atoms with Crippen molar-refractivity contribution in [2.24, 2.45) is 0 Å². The molecule has 1 amide bonds. The molecule has 0 aliphatic carbocycles. The molecule has 0 saturated carbocycles. The summed E-state index contributed by atoms with van der Waals surface area (Å²) in [6, 6.07) is 12.1. The Balaban J connectivity index is 1.41. The SMILES string of the molecule is CC(=O)Nc1nc(CN2CCC[C@H]2[C@H]2CCCN2Cc2ccccc2)cs1. The van der Waals surface area contributed by atoms with Gasteiger partial charge in [0.05, 0.1) is 5.69 Å². The van der Waals surface area contributed by atoms with E-state index in [2.05, 4.69) is 55.8 Å². The minimum atomic E-state index is -0.0579. The summed E-state index contributed by atoms with van der Waals surface area (Å²) in [6.07, 6.45) is 5.13. The predicted molar refractivity (Wildman–Crippen MR) is 110 cm³/mol. The van der Waals surface area contributed by atoms with Crippen molar-refractivity contribution in [2.45, 2.75) is 57.8 Å². The fraction of sp³-hybridized carbons (Fsp3) is 0.524. The number of aromatic nitrogens is 1. The summed E-state index contributed by atoms with van der Waals surface area (Å²) in [5.74, 6) is -0.0579. The second-order valence-corrected chi connectivity index (χ2v) is 8.53. The molecule has 144 valence electrons. The van der Waals surface area contributed by atoms with Crippen LogP contribution in [-0.4, -0.2) is 45.9 Å². The molecule has 2 aliphatic rings. The lowest BCUT2D eigenvalue weighted by molar-refractivity contribution is -0.114. The minimum Gasteiger partial charge on any atom is -0.302 e. The van der Waals surface area contributed by atoms with Crippen molar-refractivity contribution in [3.05, 3.63) is 47.0 Å². The number of nitrogens with zero attached hydrogens (tertiary/aromatic N) is 3. The van der Waals surface area contributed by atoms with E-state index in [0.29, 0.717) is 17.2 Å². The van der Waals surface area contributed by atoms with Crippen molar-refractivity contribution < 1.29 is 4.79 Å². The second-order valence-electron chi connectivity index (χ2n) is 7.67. The zero-order valence-corrected chi connectivity index (χ0v) is 16.8. The van der Waals surface area contributed by atoms with Crippen LogP contribution < -0.4 is 5.32 Å². The van der Waals surface area contributed by atoms with Crippen LogP contribution in [0.5, 0.6) is 0 Å². The van der Waals surface area contributed by atoms with Crippen molar-refractivity contribution >= 4 is 22.4 Å². The number of likely N-dealkylation sites (tertiary alicyclic amines) is 2. The molecule has 3 heterocycles. The molecule has 2 saturated heterocycles. The average Bonchev–Trinajstić information content (AvgIpc) is 3.37. The van der Waals surface area contributed by atoms with Crippen molar-refractivity contribution in [1.29, 1.82) is 0 Å². The first-order chi connectivity index (χ1) is 13.2. The van der Waals surface area contributed by atoms with Crippen LogP contribution in [0, 0.1) is 0 Å². The van der Waals surface area contributed by atoms with Gasteiger partial charge in [0, 0.05) is 37.5 Å². The number of thiazole rings is 1. The van der Waals surface area contributed by atoms with E-state index in [1.54, 1.807) is 0 Å². The molecule has 1 N–H and O–H groups in total. The number of anilines is 1. The number of hydrogen-bond donors (Lipinski definition) is 1. The van der Waals surface area contributed by atoms with Gasteiger partial charge in [-0.1, -0.05) is 30.3 Å². The number of amides is 1. The van der Waals surface area contributed by atoms with Gasteiger partial charge in [0.1, 0.15) is 0 Å². The van der Waals surface area contributed by atoms with E-state index in [9.17, 15) is 4.79 Å². The van der Waals surface area contributed by atoms with Gasteiger partial charge in [-0.3, -0.25) is 14.6 Å². The maximum absolute atomic E-state index is 11.2. The number of benzene rings is 1. The first-order valence-electron chi connectivity index (χ1n) is 9.93. The zero-order chi connectivity index (χ0) is 18.6. The Bertz CT molecular complexity index is 763. The van der Waals surface area contributed by atoms with E-state index in [0.717, 1.165) is 25.3 Å². The van der Waals surface area contributed by atoms with Crippen LogP contribution in [0.1, 0.15) is 43.9 Å². The molecule has 0 spiro atoms. The zero-order valence-electron chi connectivity index (χ0n) is 15.9. The smallest absolute Gasteiger partial charge is 0.223 e. The van der Waals surface area contributed by atoms with Gasteiger partial charge < -0.3 is 5.32 Å². The monoisotopic (exact) mass is 384 g/mol. The molecule has 2 aliphatic heterocycles. The van der Waals surface area contributed by atoms with Crippen molar-refractivity contribution in [1.82, 2.24) is 14.8 Å². The standard InChI is InChI=1S/C21H28N4OS/c1-16(26)22-21-23-18(15-27-21)14-25-12-6-10-20(25)19-9-5-11-24(19)13-17-7-3-2-4-8-17/h2-4,7-8,15,19-20H,5-6,9-14H2,1H3,(H,22,23,26)/t19-,20+/m1/s1. The summed E-state index contributed by atoms with van der Waals surface area (Å²) in [6.45, 7) is 5.81. The van der Waals surface area contributed by atoms with E-state index >= 15 is 0 Å². The van der Waals surface area contributed by atoms with E-state index in [4.69, 9.17) is 0 Å². The first-order valence-corrected chi connectivity index (χ1v) is 10.8. The van der Waals surface area contributed by atoms with Crippen LogP contribution in [0.25, 0.3) is 0 Å². The van der Waals surface area contributed by atoms with Gasteiger partial charge >= 0.3 is 0 Å². The summed E-state index contributed by atoms with van der Waals surface area (Å²) < 4.78 is 0. The van der Waals surface area contributed by atoms with Crippen LogP contribution in [0.4, 0.5) is 5.13 Å². The van der Waals surface area contributed by atoms with Crippen LogP contribution in [-0.2, 0) is 17.9 Å². The second kappa shape index (κ2) is 8.50. The lowest BCUT2D eigenvalue weighted by Crippen LogP contribution is -2.45. The number of rotatable bonds is 6. The Labute approximate surface area is 165 Å². The lowest BCUT2D eigenvalue weighted by atomic mass is 10.0. The van der Waals surface area contributed by atoms with Gasteiger partial charge in [-0.25, -0.2) is 4.98 Å². The number of carbonyl (C=O) groups excluding carboxylic acids is 1. The molecule has 27 heavy (non-hydrogen) atoms. The summed E-state index contributed by atoms with van der Waals surface area (Å²) >= 11 is 1.52. The summed E-state index contributed by atoms with van der Waals surface area (Å²) in [5.41, 5.74) is 2.48. The van der Waals surface area contributed by atoms with Crippen molar-refractivity contribution in [3.8, 4) is 0 Å². The van der Waals surface area contributed by atoms with Crippen molar-refractivity contribution in [2.75, 3.05) is 18.4 Å². The number of carbonyl (C=O) groups is 1. The number of hydrogen-bond acceptors (Lipinski definition) is 5. The molecule has 4 rings (SSSR count). The fourth-order valence-electron chi connectivity index (χ4n) is 4.58. The normalized spacial score (nSPS) is 23.7. The highest BCUT2D eigenvalue weighted by molar-refractivity contribution is 7.13. The first kappa shape index (κ1) is 18.6. The third kappa shape index (κ3) is 4.57. The predicted octanol–water partition coefficient (Wildman–Crippen LogP) is 3.73. The van der Waals surface area contributed by atoms with Crippen LogP contribution >= 0.6 is 11.3 Å². The molecule has 0 unspecified atom stereocenters. The van der Waals surface area contributed by atoms with E-state index in [1.165, 1.54) is 56.1 Å². The average molecular weight is 385 g/mol. The van der Waals surface area contributed by atoms with Gasteiger partial charge in [0.25, 0.3) is 0 Å². The molecule has 0 bridgehead atoms. The molecular weight excluding hydrogens is 356 g/mol. The maximum atomic E-state index is 11.2. The van der Waals surface area contributed by atoms with Gasteiger partial charge in [-0.05, 0) is 44.3 Å². The highest BCUT2D eigenvalue weighted by Crippen LogP contribution is 2.32. The molecule has 1 aromatic carbocycles. The minimum absolute atomic E-state index is 0.0579. The molecule has 2 aromatic rings. The highest BCUT2D eigenvalue weighted by atomic mass is 32.1. The fourth-order valence-corrected chi connectivity index (χ4v) is 5.33. The van der Waals surface area contributed by atoms with Crippen LogP contribution in [0.15, 0.2) is 35.7 Å². The Hall–Kier alpha value is -1.76.